The Kier molecular flexibility index (Phi) is 6.92. The number of aryl methyl sites for hydroxylation is 1. The maximum atomic E-state index is 15.9. The molecule has 42 heavy (non-hydrogen) atoms. The van der Waals surface area contributed by atoms with E-state index in [2.05, 4.69) is 20.5 Å². The first-order valence-electron chi connectivity index (χ1n) is 14.0. The molecule has 2 N–H and O–H groups in total. The Balaban J connectivity index is 1.34. The minimum absolute atomic E-state index is 0.0692. The second-order valence-electron chi connectivity index (χ2n) is 11.8. The van der Waals surface area contributed by atoms with E-state index in [9.17, 15) is 14.3 Å². The molecule has 0 aliphatic heterocycles. The number of amides is 1. The van der Waals surface area contributed by atoms with Crippen molar-refractivity contribution in [2.24, 2.45) is 0 Å². The molecule has 0 bridgehead atoms. The molecule has 2 saturated carbocycles. The van der Waals surface area contributed by atoms with Crippen LogP contribution < -0.4 is 10.1 Å². The van der Waals surface area contributed by atoms with Gasteiger partial charge in [0.25, 0.3) is 5.91 Å². The summed E-state index contributed by atoms with van der Waals surface area (Å²) in [6, 6.07) is 11.6. The Bertz CT molecular complexity index is 1680. The van der Waals surface area contributed by atoms with Gasteiger partial charge >= 0.3 is 0 Å². The minimum Gasteiger partial charge on any atom is -0.488 e. The number of fused-ring (bicyclic) bond motifs is 1. The topological polar surface area (TPSA) is 97.2 Å². The van der Waals surface area contributed by atoms with Crippen LogP contribution in [0.2, 0.25) is 0 Å². The van der Waals surface area contributed by atoms with E-state index in [0.29, 0.717) is 27.9 Å². The highest BCUT2D eigenvalue weighted by molar-refractivity contribution is 5.99. The first kappa shape index (κ1) is 28.1. The van der Waals surface area contributed by atoms with E-state index in [4.69, 9.17) is 4.74 Å². The van der Waals surface area contributed by atoms with Crippen molar-refractivity contribution in [2.45, 2.75) is 69.7 Å². The van der Waals surface area contributed by atoms with E-state index in [0.717, 1.165) is 12.8 Å². The highest BCUT2D eigenvalue weighted by atomic mass is 19.1. The zero-order chi connectivity index (χ0) is 29.8. The lowest BCUT2D eigenvalue weighted by atomic mass is 9.90. The predicted octanol–water partition coefficient (Wildman–Crippen LogP) is 6.06. The molecular formula is C32H31F3N4O3. The van der Waals surface area contributed by atoms with Crippen molar-refractivity contribution in [1.29, 1.82) is 0 Å². The molecule has 6 rings (SSSR count). The Labute approximate surface area is 241 Å². The number of nitrogens with zero attached hydrogens (tertiary/aromatic N) is 3. The van der Waals surface area contributed by atoms with Crippen LogP contribution in [0.5, 0.6) is 5.75 Å². The summed E-state index contributed by atoms with van der Waals surface area (Å²) < 4.78 is 51.1. The fourth-order valence-electron chi connectivity index (χ4n) is 5.10. The van der Waals surface area contributed by atoms with Crippen LogP contribution in [0.3, 0.4) is 0 Å². The van der Waals surface area contributed by atoms with Crippen LogP contribution in [-0.2, 0) is 5.60 Å². The van der Waals surface area contributed by atoms with Crippen LogP contribution in [0.15, 0.2) is 48.5 Å². The van der Waals surface area contributed by atoms with E-state index >= 15 is 8.78 Å². The molecule has 0 spiro atoms. The van der Waals surface area contributed by atoms with E-state index in [1.54, 1.807) is 19.1 Å². The van der Waals surface area contributed by atoms with Gasteiger partial charge in [0, 0.05) is 34.3 Å². The molecule has 2 fully saturated rings. The van der Waals surface area contributed by atoms with Crippen LogP contribution in [0, 0.1) is 18.6 Å². The molecule has 2 aromatic heterocycles. The third-order valence-corrected chi connectivity index (χ3v) is 7.79. The van der Waals surface area contributed by atoms with Gasteiger partial charge in [-0.3, -0.25) is 4.79 Å². The van der Waals surface area contributed by atoms with Crippen molar-refractivity contribution in [2.75, 3.05) is 6.54 Å². The maximum Gasteiger partial charge on any atom is 0.251 e. The predicted molar refractivity (Wildman–Crippen MR) is 151 cm³/mol. The lowest BCUT2D eigenvalue weighted by Gasteiger charge is -2.26. The number of ether oxygens (including phenoxy) is 1. The molecule has 218 valence electrons. The summed E-state index contributed by atoms with van der Waals surface area (Å²) >= 11 is 0. The highest BCUT2D eigenvalue weighted by Gasteiger charge is 2.52. The Morgan fingerprint density at radius 1 is 1.12 bits per heavy atom. The quantitative estimate of drug-likeness (QED) is 0.251. The number of nitrogens with one attached hydrogen (secondary N) is 1. The van der Waals surface area contributed by atoms with Crippen molar-refractivity contribution >= 4 is 16.8 Å². The standard InChI is InChI=1S/C32H31F3N4O3/c1-17-12-19-13-20(14-26(28(19)39-38-17)42-22-8-9-22)30(40)36-16-24(32(35)10-11-32)25-15-23(31(2,3)41)27(34)29(37-25)18-4-6-21(33)7-5-18/h4-7,12-15,22,24,41H,8-11,16H2,1-3H3,(H,36,40). The summed E-state index contributed by atoms with van der Waals surface area (Å²) in [5.41, 5.74) is -1.42. The first-order valence-corrected chi connectivity index (χ1v) is 14.0. The maximum absolute atomic E-state index is 15.9. The molecule has 7 nitrogen and oxygen atoms in total. The van der Waals surface area contributed by atoms with Crippen molar-refractivity contribution in [3.63, 3.8) is 0 Å². The van der Waals surface area contributed by atoms with Crippen LogP contribution in [0.1, 0.15) is 72.8 Å². The monoisotopic (exact) mass is 576 g/mol. The summed E-state index contributed by atoms with van der Waals surface area (Å²) in [4.78, 5) is 17.9. The molecule has 10 heteroatoms. The molecule has 0 radical (unpaired) electrons. The van der Waals surface area contributed by atoms with Gasteiger partial charge in [0.15, 0.2) is 5.82 Å². The molecule has 1 amide bonds. The van der Waals surface area contributed by atoms with Gasteiger partial charge in [0.2, 0.25) is 0 Å². The molecule has 4 aromatic rings. The zero-order valence-corrected chi connectivity index (χ0v) is 23.5. The molecule has 0 saturated heterocycles. The number of halogens is 3. The van der Waals surface area contributed by atoms with E-state index in [1.807, 2.05) is 6.07 Å². The van der Waals surface area contributed by atoms with Gasteiger partial charge in [0.05, 0.1) is 23.3 Å². The van der Waals surface area contributed by atoms with E-state index in [-0.39, 0.29) is 48.0 Å². The van der Waals surface area contributed by atoms with Crippen LogP contribution in [0.25, 0.3) is 22.2 Å². The number of pyridine rings is 1. The second-order valence-corrected chi connectivity index (χ2v) is 11.8. The summed E-state index contributed by atoms with van der Waals surface area (Å²) in [6.45, 7) is 4.54. The van der Waals surface area contributed by atoms with E-state index < -0.39 is 34.7 Å². The molecule has 1 unspecified atom stereocenters. The molecule has 2 heterocycles. The average molecular weight is 577 g/mol. The van der Waals surface area contributed by atoms with Crippen LogP contribution >= 0.6 is 0 Å². The first-order chi connectivity index (χ1) is 19.9. The van der Waals surface area contributed by atoms with Crippen LogP contribution in [0.4, 0.5) is 13.2 Å². The molecule has 1 atom stereocenters. The van der Waals surface area contributed by atoms with Gasteiger partial charge in [-0.1, -0.05) is 0 Å². The van der Waals surface area contributed by atoms with Gasteiger partial charge in [-0.15, -0.1) is 5.10 Å². The molecule has 2 aliphatic carbocycles. The number of hydrogen-bond donors (Lipinski definition) is 2. The molecular weight excluding hydrogens is 545 g/mol. The fraction of sp³-hybridized carbons (Fsp3) is 0.375. The number of aliphatic hydroxyl groups is 1. The Hall–Kier alpha value is -4.05. The highest BCUT2D eigenvalue weighted by Crippen LogP contribution is 2.51. The van der Waals surface area contributed by atoms with Crippen LogP contribution in [-0.4, -0.2) is 44.5 Å². The minimum atomic E-state index is -1.66. The second kappa shape index (κ2) is 10.3. The molecule has 2 aromatic carbocycles. The lowest BCUT2D eigenvalue weighted by molar-refractivity contribution is 0.0741. The van der Waals surface area contributed by atoms with Gasteiger partial charge in [-0.25, -0.2) is 18.2 Å². The summed E-state index contributed by atoms with van der Waals surface area (Å²) in [5, 5.41) is 22.7. The number of alkyl halides is 1. The Morgan fingerprint density at radius 2 is 1.83 bits per heavy atom. The number of hydrogen-bond acceptors (Lipinski definition) is 6. The number of benzene rings is 2. The third kappa shape index (κ3) is 5.68. The number of carbonyl (C=O) groups is 1. The van der Waals surface area contributed by atoms with Gasteiger partial charge in [-0.2, -0.15) is 5.10 Å². The summed E-state index contributed by atoms with van der Waals surface area (Å²) in [6.07, 6.45) is 2.43. The van der Waals surface area contributed by atoms with Crippen molar-refractivity contribution in [3.8, 4) is 17.0 Å². The van der Waals surface area contributed by atoms with E-state index in [1.165, 1.54) is 44.2 Å². The number of aromatic nitrogens is 3. The Morgan fingerprint density at radius 3 is 2.48 bits per heavy atom. The molecule has 2 aliphatic rings. The number of carbonyl (C=O) groups excluding carboxylic acids is 1. The summed E-state index contributed by atoms with van der Waals surface area (Å²) in [7, 11) is 0. The zero-order valence-electron chi connectivity index (χ0n) is 23.5. The normalized spacial score (nSPS) is 16.7. The average Bonchev–Trinajstić information content (AvgIpc) is 3.87. The fourth-order valence-corrected chi connectivity index (χ4v) is 5.10. The lowest BCUT2D eigenvalue weighted by Crippen LogP contribution is -2.34. The SMILES string of the molecule is Cc1cc2cc(C(=O)NCC(c3cc(C(C)(C)O)c(F)c(-c4ccc(F)cc4)n3)C3(F)CC3)cc(OC3CC3)c2nn1. The van der Waals surface area contributed by atoms with Crippen molar-refractivity contribution < 1.29 is 27.8 Å². The van der Waals surface area contributed by atoms with Gasteiger partial charge in [-0.05, 0) is 95.0 Å². The largest absolute Gasteiger partial charge is 0.488 e. The van der Waals surface area contributed by atoms with Gasteiger partial charge < -0.3 is 15.2 Å². The van der Waals surface area contributed by atoms with Gasteiger partial charge in [0.1, 0.15) is 28.4 Å². The van der Waals surface area contributed by atoms with Crippen molar-refractivity contribution in [1.82, 2.24) is 20.5 Å². The summed E-state index contributed by atoms with van der Waals surface area (Å²) in [5.74, 6) is -2.17. The van der Waals surface area contributed by atoms with Crippen molar-refractivity contribution in [3.05, 3.63) is 82.7 Å². The third-order valence-electron chi connectivity index (χ3n) is 7.79. The number of rotatable bonds is 9. The smallest absolute Gasteiger partial charge is 0.251 e.